The number of nitrogens with one attached hydrogen (secondary N) is 2. The number of hydrogen-bond acceptors (Lipinski definition) is 3. The molecule has 0 radical (unpaired) electrons. The largest absolute Gasteiger partial charge is 0.338 e. The van der Waals surface area contributed by atoms with Crippen LogP contribution in [0.5, 0.6) is 0 Å². The fraction of sp³-hybridized carbons (Fsp3) is 0.286. The zero-order chi connectivity index (χ0) is 15.2. The van der Waals surface area contributed by atoms with Crippen LogP contribution in [-0.2, 0) is 6.42 Å². The maximum atomic E-state index is 11.9. The molecule has 0 saturated heterocycles. The smallest absolute Gasteiger partial charge is 0.326 e. The van der Waals surface area contributed by atoms with Gasteiger partial charge in [-0.25, -0.2) is 4.79 Å². The van der Waals surface area contributed by atoms with Crippen molar-refractivity contribution in [1.82, 2.24) is 5.16 Å². The standard InChI is InChI=1S/C14H15Cl2N3O2/c1-2-3-5-9-8-12(21-19-9)18-14(20)17-11-7-4-6-10(15)13(11)16/h4,6-8H,2-3,5H2,1H3,(H2,17,18,20). The normalized spacial score (nSPS) is 10.4. The molecule has 7 heteroatoms. The number of halogens is 2. The van der Waals surface area contributed by atoms with Crippen LogP contribution in [0.15, 0.2) is 28.8 Å². The van der Waals surface area contributed by atoms with E-state index in [1.165, 1.54) is 0 Å². The van der Waals surface area contributed by atoms with Gasteiger partial charge in [0.25, 0.3) is 0 Å². The van der Waals surface area contributed by atoms with Gasteiger partial charge in [-0.05, 0) is 25.0 Å². The highest BCUT2D eigenvalue weighted by atomic mass is 35.5. The van der Waals surface area contributed by atoms with Crippen molar-refractivity contribution in [3.05, 3.63) is 40.0 Å². The molecule has 0 atom stereocenters. The van der Waals surface area contributed by atoms with Gasteiger partial charge in [-0.3, -0.25) is 5.32 Å². The van der Waals surface area contributed by atoms with Crippen molar-refractivity contribution in [3.63, 3.8) is 0 Å². The molecule has 0 unspecified atom stereocenters. The number of benzene rings is 1. The third kappa shape index (κ3) is 4.37. The molecule has 0 fully saturated rings. The van der Waals surface area contributed by atoms with Crippen LogP contribution in [0.4, 0.5) is 16.4 Å². The zero-order valence-electron chi connectivity index (χ0n) is 11.5. The molecule has 0 aliphatic rings. The van der Waals surface area contributed by atoms with E-state index in [0.717, 1.165) is 25.0 Å². The number of aromatic nitrogens is 1. The summed E-state index contributed by atoms with van der Waals surface area (Å²) in [5, 5.41) is 9.69. The van der Waals surface area contributed by atoms with Gasteiger partial charge in [0, 0.05) is 6.07 Å². The molecule has 2 aromatic rings. The summed E-state index contributed by atoms with van der Waals surface area (Å²) in [6.45, 7) is 2.10. The Kier molecular flexibility index (Phi) is 5.47. The minimum Gasteiger partial charge on any atom is -0.338 e. The van der Waals surface area contributed by atoms with Gasteiger partial charge in [-0.2, -0.15) is 0 Å². The van der Waals surface area contributed by atoms with E-state index in [9.17, 15) is 4.79 Å². The number of amides is 2. The Morgan fingerprint density at radius 1 is 1.33 bits per heavy atom. The van der Waals surface area contributed by atoms with Crippen LogP contribution in [-0.4, -0.2) is 11.2 Å². The number of nitrogens with zero attached hydrogens (tertiary/aromatic N) is 1. The quantitative estimate of drug-likeness (QED) is 0.814. The molecule has 1 aromatic heterocycles. The van der Waals surface area contributed by atoms with Crippen molar-refractivity contribution in [1.29, 1.82) is 0 Å². The van der Waals surface area contributed by atoms with Crippen molar-refractivity contribution >= 4 is 40.8 Å². The second-order valence-electron chi connectivity index (χ2n) is 4.47. The van der Waals surface area contributed by atoms with Crippen LogP contribution in [0.3, 0.4) is 0 Å². The first-order chi connectivity index (χ1) is 10.1. The summed E-state index contributed by atoms with van der Waals surface area (Å²) < 4.78 is 5.04. The van der Waals surface area contributed by atoms with Gasteiger partial charge < -0.3 is 9.84 Å². The number of carbonyl (C=O) groups excluding carboxylic acids is 1. The molecule has 0 saturated carbocycles. The number of hydrogen-bond donors (Lipinski definition) is 2. The fourth-order valence-corrected chi connectivity index (χ4v) is 2.06. The molecule has 0 aliphatic heterocycles. The topological polar surface area (TPSA) is 67.2 Å². The van der Waals surface area contributed by atoms with Gasteiger partial charge in [-0.1, -0.05) is 47.8 Å². The number of unbranched alkanes of at least 4 members (excludes halogenated alkanes) is 1. The molecule has 0 aliphatic carbocycles. The lowest BCUT2D eigenvalue weighted by Crippen LogP contribution is -2.19. The molecule has 5 nitrogen and oxygen atoms in total. The Morgan fingerprint density at radius 3 is 2.90 bits per heavy atom. The predicted octanol–water partition coefficient (Wildman–Crippen LogP) is 4.97. The second kappa shape index (κ2) is 7.33. The van der Waals surface area contributed by atoms with Gasteiger partial charge in [0.1, 0.15) is 0 Å². The van der Waals surface area contributed by atoms with E-state index < -0.39 is 6.03 Å². The maximum Gasteiger partial charge on any atom is 0.326 e. The molecule has 0 spiro atoms. The summed E-state index contributed by atoms with van der Waals surface area (Å²) in [5.74, 6) is 0.289. The summed E-state index contributed by atoms with van der Waals surface area (Å²) >= 11 is 11.9. The molecule has 1 heterocycles. The van der Waals surface area contributed by atoms with Crippen LogP contribution in [0.25, 0.3) is 0 Å². The number of urea groups is 1. The lowest BCUT2D eigenvalue weighted by molar-refractivity contribution is 0.261. The van der Waals surface area contributed by atoms with Gasteiger partial charge in [0.2, 0.25) is 5.88 Å². The molecule has 2 N–H and O–H groups in total. The third-order valence-corrected chi connectivity index (χ3v) is 3.60. The average Bonchev–Trinajstić information content (AvgIpc) is 2.89. The Morgan fingerprint density at radius 2 is 2.14 bits per heavy atom. The molecule has 2 rings (SSSR count). The fourth-order valence-electron chi connectivity index (χ4n) is 1.71. The molecule has 112 valence electrons. The first-order valence-electron chi connectivity index (χ1n) is 6.57. The van der Waals surface area contributed by atoms with Crippen LogP contribution >= 0.6 is 23.2 Å². The highest BCUT2D eigenvalue weighted by molar-refractivity contribution is 6.44. The lowest BCUT2D eigenvalue weighted by Gasteiger charge is -2.07. The number of anilines is 2. The molecular formula is C14H15Cl2N3O2. The molecule has 1 aromatic carbocycles. The predicted molar refractivity (Wildman–Crippen MR) is 84.2 cm³/mol. The van der Waals surface area contributed by atoms with Crippen molar-refractivity contribution in [2.75, 3.05) is 10.6 Å². The van der Waals surface area contributed by atoms with E-state index in [-0.39, 0.29) is 10.9 Å². The average molecular weight is 328 g/mol. The van der Waals surface area contributed by atoms with Gasteiger partial charge >= 0.3 is 6.03 Å². The van der Waals surface area contributed by atoms with E-state index >= 15 is 0 Å². The number of aryl methyl sites for hydroxylation is 1. The molecule has 2 amide bonds. The highest BCUT2D eigenvalue weighted by Crippen LogP contribution is 2.29. The molecule has 21 heavy (non-hydrogen) atoms. The minimum atomic E-state index is -0.475. The third-order valence-electron chi connectivity index (χ3n) is 2.78. The van der Waals surface area contributed by atoms with E-state index in [0.29, 0.717) is 10.7 Å². The summed E-state index contributed by atoms with van der Waals surface area (Å²) in [4.78, 5) is 11.9. The summed E-state index contributed by atoms with van der Waals surface area (Å²) in [6.07, 6.45) is 2.92. The number of carbonyl (C=O) groups is 1. The van der Waals surface area contributed by atoms with Crippen molar-refractivity contribution < 1.29 is 9.32 Å². The van der Waals surface area contributed by atoms with Crippen LogP contribution in [0, 0.1) is 0 Å². The van der Waals surface area contributed by atoms with Crippen molar-refractivity contribution in [3.8, 4) is 0 Å². The minimum absolute atomic E-state index is 0.288. The Bertz CT molecular complexity index is 628. The van der Waals surface area contributed by atoms with E-state index in [4.69, 9.17) is 27.7 Å². The zero-order valence-corrected chi connectivity index (χ0v) is 13.0. The molecular weight excluding hydrogens is 313 g/mol. The van der Waals surface area contributed by atoms with E-state index in [1.807, 2.05) is 0 Å². The van der Waals surface area contributed by atoms with Crippen LogP contribution in [0.2, 0.25) is 10.0 Å². The van der Waals surface area contributed by atoms with Crippen LogP contribution in [0.1, 0.15) is 25.5 Å². The first-order valence-corrected chi connectivity index (χ1v) is 7.33. The first kappa shape index (κ1) is 15.7. The summed E-state index contributed by atoms with van der Waals surface area (Å²) in [7, 11) is 0. The van der Waals surface area contributed by atoms with Gasteiger partial charge in [0.05, 0.1) is 21.4 Å². The SMILES string of the molecule is CCCCc1cc(NC(=O)Nc2cccc(Cl)c2Cl)on1. The van der Waals surface area contributed by atoms with Gasteiger partial charge in [0.15, 0.2) is 0 Å². The second-order valence-corrected chi connectivity index (χ2v) is 5.25. The highest BCUT2D eigenvalue weighted by Gasteiger charge is 2.11. The molecule has 0 bridgehead atoms. The summed E-state index contributed by atoms with van der Waals surface area (Å²) in [5.41, 5.74) is 1.24. The Balaban J connectivity index is 1.95. The van der Waals surface area contributed by atoms with Gasteiger partial charge in [-0.15, -0.1) is 0 Å². The van der Waals surface area contributed by atoms with Crippen molar-refractivity contribution in [2.45, 2.75) is 26.2 Å². The maximum absolute atomic E-state index is 11.9. The lowest BCUT2D eigenvalue weighted by atomic mass is 10.2. The van der Waals surface area contributed by atoms with E-state index in [1.54, 1.807) is 24.3 Å². The Labute approximate surface area is 132 Å². The summed E-state index contributed by atoms with van der Waals surface area (Å²) in [6, 6.07) is 6.22. The number of rotatable bonds is 5. The van der Waals surface area contributed by atoms with Crippen molar-refractivity contribution in [2.24, 2.45) is 0 Å². The Hall–Kier alpha value is -1.72. The van der Waals surface area contributed by atoms with Crippen LogP contribution < -0.4 is 10.6 Å². The van der Waals surface area contributed by atoms with E-state index in [2.05, 4.69) is 22.7 Å². The monoisotopic (exact) mass is 327 g/mol.